The van der Waals surface area contributed by atoms with Crippen LogP contribution in [0.3, 0.4) is 0 Å². The largest absolute Gasteiger partial charge is 0.341 e. The van der Waals surface area contributed by atoms with Gasteiger partial charge in [0.05, 0.1) is 0 Å². The third kappa shape index (κ3) is 4.19. The number of nitrogens with one attached hydrogen (secondary N) is 1. The predicted octanol–water partition coefficient (Wildman–Crippen LogP) is 3.31. The fourth-order valence-corrected chi connectivity index (χ4v) is 2.31. The minimum Gasteiger partial charge on any atom is -0.341 e. The van der Waals surface area contributed by atoms with Gasteiger partial charge >= 0.3 is 0 Å². The number of amides is 2. The van der Waals surface area contributed by atoms with Crippen LogP contribution in [0, 0.1) is 5.41 Å². The molecule has 2 amide bonds. The number of anilines is 1. The lowest BCUT2D eigenvalue weighted by molar-refractivity contribution is -0.145. The second-order valence-electron chi connectivity index (χ2n) is 6.09. The zero-order valence-corrected chi connectivity index (χ0v) is 13.7. The number of carbonyl (C=O) groups excluding carboxylic acids is 2. The summed E-state index contributed by atoms with van der Waals surface area (Å²) in [6.07, 6.45) is 0. The first kappa shape index (κ1) is 16.7. The van der Waals surface area contributed by atoms with Gasteiger partial charge in [0.1, 0.15) is 5.41 Å². The summed E-state index contributed by atoms with van der Waals surface area (Å²) in [5.74, 6) is -0.525. The molecule has 0 aromatic heterocycles. The Morgan fingerprint density at radius 1 is 0.957 bits per heavy atom. The van der Waals surface area contributed by atoms with E-state index in [4.69, 9.17) is 0 Å². The minimum absolute atomic E-state index is 0.213. The molecule has 0 saturated carbocycles. The summed E-state index contributed by atoms with van der Waals surface area (Å²) in [7, 11) is 1.72. The van der Waals surface area contributed by atoms with E-state index >= 15 is 0 Å². The third-order valence-corrected chi connectivity index (χ3v) is 3.74. The molecule has 0 aliphatic rings. The van der Waals surface area contributed by atoms with Gasteiger partial charge in [-0.3, -0.25) is 9.59 Å². The van der Waals surface area contributed by atoms with Gasteiger partial charge in [0, 0.05) is 19.3 Å². The van der Waals surface area contributed by atoms with Crippen LogP contribution in [0.1, 0.15) is 19.4 Å². The van der Waals surface area contributed by atoms with Crippen LogP contribution in [0.5, 0.6) is 0 Å². The van der Waals surface area contributed by atoms with Crippen molar-refractivity contribution in [3.63, 3.8) is 0 Å². The molecule has 2 rings (SSSR count). The van der Waals surface area contributed by atoms with Crippen molar-refractivity contribution in [3.8, 4) is 0 Å². The first-order chi connectivity index (χ1) is 10.9. The van der Waals surface area contributed by atoms with E-state index in [0.717, 1.165) is 5.56 Å². The first-order valence-electron chi connectivity index (χ1n) is 7.57. The molecule has 0 bridgehead atoms. The van der Waals surface area contributed by atoms with Gasteiger partial charge in [-0.15, -0.1) is 0 Å². The van der Waals surface area contributed by atoms with Crippen molar-refractivity contribution in [2.24, 2.45) is 5.41 Å². The van der Waals surface area contributed by atoms with Crippen LogP contribution in [-0.4, -0.2) is 23.8 Å². The predicted molar refractivity (Wildman–Crippen MR) is 91.8 cm³/mol. The molecule has 1 N–H and O–H groups in total. The standard InChI is InChI=1S/C19H22N2O2/c1-19(2,17(22)20-16-12-8-5-9-13-16)18(23)21(3)14-15-10-6-4-7-11-15/h4-13H,14H2,1-3H3,(H,20,22). The first-order valence-corrected chi connectivity index (χ1v) is 7.57. The van der Waals surface area contributed by atoms with E-state index in [9.17, 15) is 9.59 Å². The molecule has 0 fully saturated rings. The van der Waals surface area contributed by atoms with Crippen LogP contribution in [0.25, 0.3) is 0 Å². The summed E-state index contributed by atoms with van der Waals surface area (Å²) in [5, 5.41) is 2.80. The van der Waals surface area contributed by atoms with Gasteiger partial charge in [-0.05, 0) is 31.5 Å². The van der Waals surface area contributed by atoms with E-state index in [2.05, 4.69) is 5.32 Å². The Morgan fingerprint density at radius 2 is 1.48 bits per heavy atom. The molecule has 120 valence electrons. The van der Waals surface area contributed by atoms with Crippen LogP contribution >= 0.6 is 0 Å². The van der Waals surface area contributed by atoms with Gasteiger partial charge in [0.25, 0.3) is 0 Å². The Bertz CT molecular complexity index is 666. The van der Waals surface area contributed by atoms with Crippen LogP contribution in [-0.2, 0) is 16.1 Å². The van der Waals surface area contributed by atoms with Crippen molar-refractivity contribution in [1.29, 1.82) is 0 Å². The topological polar surface area (TPSA) is 49.4 Å². The molecule has 2 aromatic rings. The molecule has 2 aromatic carbocycles. The molecule has 4 nitrogen and oxygen atoms in total. The monoisotopic (exact) mass is 310 g/mol. The molecule has 0 saturated heterocycles. The summed E-state index contributed by atoms with van der Waals surface area (Å²) in [6, 6.07) is 18.9. The van der Waals surface area contributed by atoms with E-state index in [1.807, 2.05) is 48.5 Å². The van der Waals surface area contributed by atoms with Crippen LogP contribution in [0.2, 0.25) is 0 Å². The highest BCUT2D eigenvalue weighted by molar-refractivity contribution is 6.09. The molecule has 0 spiro atoms. The Labute approximate surface area is 137 Å². The second kappa shape index (κ2) is 7.09. The quantitative estimate of drug-likeness (QED) is 0.861. The second-order valence-corrected chi connectivity index (χ2v) is 6.09. The Kier molecular flexibility index (Phi) is 5.16. The van der Waals surface area contributed by atoms with E-state index in [1.165, 1.54) is 0 Å². The lowest BCUT2D eigenvalue weighted by Crippen LogP contribution is -2.45. The summed E-state index contributed by atoms with van der Waals surface area (Å²) in [4.78, 5) is 26.7. The SMILES string of the molecule is CN(Cc1ccccc1)C(=O)C(C)(C)C(=O)Nc1ccccc1. The fourth-order valence-electron chi connectivity index (χ4n) is 2.31. The molecule has 0 atom stereocenters. The van der Waals surface area contributed by atoms with Gasteiger partial charge in [-0.2, -0.15) is 0 Å². The maximum atomic E-state index is 12.7. The number of carbonyl (C=O) groups is 2. The molecular formula is C19H22N2O2. The minimum atomic E-state index is -1.14. The number of benzene rings is 2. The van der Waals surface area contributed by atoms with Crippen molar-refractivity contribution in [2.75, 3.05) is 12.4 Å². The van der Waals surface area contributed by atoms with E-state index in [-0.39, 0.29) is 11.8 Å². The lowest BCUT2D eigenvalue weighted by atomic mass is 9.90. The van der Waals surface area contributed by atoms with Crippen molar-refractivity contribution in [1.82, 2.24) is 4.90 Å². The van der Waals surface area contributed by atoms with Crippen molar-refractivity contribution < 1.29 is 9.59 Å². The Balaban J connectivity index is 2.05. The zero-order valence-electron chi connectivity index (χ0n) is 13.7. The van der Waals surface area contributed by atoms with Crippen LogP contribution in [0.15, 0.2) is 60.7 Å². The third-order valence-electron chi connectivity index (χ3n) is 3.74. The molecular weight excluding hydrogens is 288 g/mol. The summed E-state index contributed by atoms with van der Waals surface area (Å²) >= 11 is 0. The number of rotatable bonds is 5. The number of nitrogens with zero attached hydrogens (tertiary/aromatic N) is 1. The maximum absolute atomic E-state index is 12.7. The summed E-state index contributed by atoms with van der Waals surface area (Å²) in [5.41, 5.74) is 0.575. The van der Waals surface area contributed by atoms with E-state index in [0.29, 0.717) is 12.2 Å². The average molecular weight is 310 g/mol. The lowest BCUT2D eigenvalue weighted by Gasteiger charge is -2.28. The summed E-state index contributed by atoms with van der Waals surface area (Å²) < 4.78 is 0. The summed E-state index contributed by atoms with van der Waals surface area (Å²) in [6.45, 7) is 3.77. The van der Waals surface area contributed by atoms with Crippen molar-refractivity contribution in [2.45, 2.75) is 20.4 Å². The molecule has 0 aliphatic heterocycles. The Hall–Kier alpha value is -2.62. The van der Waals surface area contributed by atoms with Crippen molar-refractivity contribution >= 4 is 17.5 Å². The van der Waals surface area contributed by atoms with Crippen LogP contribution in [0.4, 0.5) is 5.69 Å². The molecule has 0 heterocycles. The fraction of sp³-hybridized carbons (Fsp3) is 0.263. The average Bonchev–Trinajstić information content (AvgIpc) is 2.55. The normalized spacial score (nSPS) is 10.9. The van der Waals surface area contributed by atoms with E-state index in [1.54, 1.807) is 37.9 Å². The molecule has 4 heteroatoms. The number of hydrogen-bond acceptors (Lipinski definition) is 2. The van der Waals surface area contributed by atoms with Gasteiger partial charge < -0.3 is 10.2 Å². The highest BCUT2D eigenvalue weighted by Gasteiger charge is 2.38. The number of para-hydroxylation sites is 1. The highest BCUT2D eigenvalue weighted by Crippen LogP contribution is 2.22. The smallest absolute Gasteiger partial charge is 0.239 e. The van der Waals surface area contributed by atoms with Gasteiger partial charge in [-0.25, -0.2) is 0 Å². The van der Waals surface area contributed by atoms with E-state index < -0.39 is 5.41 Å². The molecule has 23 heavy (non-hydrogen) atoms. The number of hydrogen-bond donors (Lipinski definition) is 1. The van der Waals surface area contributed by atoms with Gasteiger partial charge in [0.15, 0.2) is 0 Å². The molecule has 0 radical (unpaired) electrons. The highest BCUT2D eigenvalue weighted by atomic mass is 16.2. The van der Waals surface area contributed by atoms with Gasteiger partial charge in [-0.1, -0.05) is 48.5 Å². The Morgan fingerprint density at radius 3 is 2.04 bits per heavy atom. The van der Waals surface area contributed by atoms with Crippen LogP contribution < -0.4 is 5.32 Å². The molecule has 0 aliphatic carbocycles. The molecule has 0 unspecified atom stereocenters. The van der Waals surface area contributed by atoms with Gasteiger partial charge in [0.2, 0.25) is 11.8 Å². The zero-order chi connectivity index (χ0) is 16.9. The maximum Gasteiger partial charge on any atom is 0.239 e. The van der Waals surface area contributed by atoms with Crippen molar-refractivity contribution in [3.05, 3.63) is 66.2 Å².